The van der Waals surface area contributed by atoms with Crippen molar-refractivity contribution in [3.05, 3.63) is 0 Å². The molecule has 0 aromatic carbocycles. The van der Waals surface area contributed by atoms with Gasteiger partial charge in [0.05, 0.1) is 36.9 Å². The summed E-state index contributed by atoms with van der Waals surface area (Å²) in [6.07, 6.45) is -2.94. The molecule has 0 N–H and O–H groups in total. The van der Waals surface area contributed by atoms with Crippen LogP contribution in [-0.4, -0.2) is 101 Å². The van der Waals surface area contributed by atoms with Crippen molar-refractivity contribution in [3.8, 4) is 5.88 Å². The summed E-state index contributed by atoms with van der Waals surface area (Å²) in [6.45, 7) is 21.6. The second kappa shape index (κ2) is 15.3. The Hall–Kier alpha value is -3.00. The third-order valence-corrected chi connectivity index (χ3v) is 7.29. The summed E-state index contributed by atoms with van der Waals surface area (Å²) < 4.78 is 36.4. The maximum Gasteiger partial charge on any atom is 0.347 e. The van der Waals surface area contributed by atoms with E-state index in [0.717, 1.165) is 11.7 Å². The highest BCUT2D eigenvalue weighted by Crippen LogP contribution is 2.34. The molecule has 1 amide bonds. The largest absolute Gasteiger partial charge is 0.470 e. The van der Waals surface area contributed by atoms with E-state index in [1.165, 1.54) is 20.8 Å². The van der Waals surface area contributed by atoms with Gasteiger partial charge in [-0.1, -0.05) is 20.8 Å². The molecule has 1 saturated heterocycles. The van der Waals surface area contributed by atoms with Crippen LogP contribution in [0.4, 0.5) is 5.82 Å². The van der Waals surface area contributed by atoms with Gasteiger partial charge in [-0.15, -0.1) is 4.37 Å². The fourth-order valence-corrected chi connectivity index (χ4v) is 5.47. The molecule has 0 radical (unpaired) electrons. The molecule has 1 aromatic heterocycles. The van der Waals surface area contributed by atoms with Crippen molar-refractivity contribution >= 4 is 41.4 Å². The average molecular weight is 643 g/mol. The first-order valence-corrected chi connectivity index (χ1v) is 15.6. The molecular formula is C30H50N4O9S. The Morgan fingerprint density at radius 1 is 0.909 bits per heavy atom. The molecule has 1 aliphatic heterocycles. The van der Waals surface area contributed by atoms with E-state index in [-0.39, 0.29) is 30.4 Å². The molecule has 0 saturated carbocycles. The van der Waals surface area contributed by atoms with Crippen molar-refractivity contribution < 1.29 is 42.9 Å². The van der Waals surface area contributed by atoms with Crippen molar-refractivity contribution in [1.82, 2.24) is 13.6 Å². The lowest BCUT2D eigenvalue weighted by Crippen LogP contribution is -2.50. The van der Waals surface area contributed by atoms with E-state index >= 15 is 0 Å². The predicted octanol–water partition coefficient (Wildman–Crippen LogP) is 3.64. The van der Waals surface area contributed by atoms with Crippen LogP contribution in [0, 0.1) is 10.8 Å². The number of anilines is 1. The van der Waals surface area contributed by atoms with Gasteiger partial charge in [-0.05, 0) is 60.3 Å². The Morgan fingerprint density at radius 3 is 2.02 bits per heavy atom. The zero-order valence-corrected chi connectivity index (χ0v) is 28.9. The van der Waals surface area contributed by atoms with Crippen molar-refractivity contribution in [2.45, 2.75) is 106 Å². The number of hydrogen-bond donors (Lipinski definition) is 0. The van der Waals surface area contributed by atoms with E-state index in [1.54, 1.807) is 18.7 Å². The summed E-state index contributed by atoms with van der Waals surface area (Å²) in [5.41, 5.74) is -1.53. The molecule has 2 unspecified atom stereocenters. The molecule has 1 fully saturated rings. The summed E-state index contributed by atoms with van der Waals surface area (Å²) in [5.74, 6) is -1.63. The number of ether oxygens (including phenoxy) is 5. The van der Waals surface area contributed by atoms with Crippen LogP contribution in [0.5, 0.6) is 5.88 Å². The fourth-order valence-electron chi connectivity index (χ4n) is 4.95. The summed E-state index contributed by atoms with van der Waals surface area (Å²) in [4.78, 5) is 54.7. The molecule has 1 aromatic rings. The maximum absolute atomic E-state index is 13.1. The van der Waals surface area contributed by atoms with Gasteiger partial charge in [0, 0.05) is 25.6 Å². The first-order valence-electron chi connectivity index (χ1n) is 14.9. The minimum atomic E-state index is -1.32. The van der Waals surface area contributed by atoms with Gasteiger partial charge in [0.25, 0.3) is 5.88 Å². The summed E-state index contributed by atoms with van der Waals surface area (Å²) in [6, 6.07) is 0. The molecule has 0 bridgehead atoms. The minimum absolute atomic E-state index is 0.0204. The normalized spacial score (nSPS) is 16.4. The number of carbonyl (C=O) groups is 4. The number of morpholine rings is 1. The van der Waals surface area contributed by atoms with Crippen LogP contribution in [0.3, 0.4) is 0 Å². The third-order valence-electron chi connectivity index (χ3n) is 6.78. The van der Waals surface area contributed by atoms with E-state index < -0.39 is 47.2 Å². The lowest BCUT2D eigenvalue weighted by Gasteiger charge is -2.37. The molecule has 44 heavy (non-hydrogen) atoms. The third kappa shape index (κ3) is 11.5. The Labute approximate surface area is 265 Å². The highest BCUT2D eigenvalue weighted by Gasteiger charge is 2.37. The molecule has 0 aliphatic carbocycles. The number of amides is 1. The summed E-state index contributed by atoms with van der Waals surface area (Å²) in [7, 11) is 0. The second-order valence-electron chi connectivity index (χ2n) is 13.9. The van der Waals surface area contributed by atoms with Crippen LogP contribution >= 0.6 is 11.7 Å². The van der Waals surface area contributed by atoms with Crippen LogP contribution in [0.1, 0.15) is 82.6 Å². The first kappa shape index (κ1) is 37.2. The number of nitrogens with zero attached hydrogens (tertiary/aromatic N) is 4. The second-order valence-corrected chi connectivity index (χ2v) is 14.4. The number of rotatable bonds is 13. The Bertz CT molecular complexity index is 1140. The fraction of sp³-hybridized carbons (Fsp3) is 0.800. The van der Waals surface area contributed by atoms with Crippen LogP contribution in [0.2, 0.25) is 0 Å². The lowest BCUT2D eigenvalue weighted by atomic mass is 9.76. The Kier molecular flexibility index (Phi) is 13.0. The van der Waals surface area contributed by atoms with Gasteiger partial charge in [-0.25, -0.2) is 9.59 Å². The highest BCUT2D eigenvalue weighted by atomic mass is 32.1. The standard InChI is InChI=1S/C30H50N4O9S/c1-19(41-25(36)20(2)42-27(38)30(10,11)18-28(4,5)6)26(37)43-22(16-34(21(3)35)29(7,8)9)17-40-24-23(31-44-32-24)33-12-14-39-15-13-33/h19-20,22H,12-18H2,1-11H3/t19?,20?,22-/m0/s1. The molecule has 14 heteroatoms. The Balaban J connectivity index is 2.10. The first-order chi connectivity index (χ1) is 20.2. The molecular weight excluding hydrogens is 592 g/mol. The summed E-state index contributed by atoms with van der Waals surface area (Å²) in [5, 5.41) is 0. The SMILES string of the molecule is CC(=O)N(C[C@@H](COc1nsnc1N1CCOCC1)OC(=O)C(C)OC(=O)C(C)OC(=O)C(C)(C)CC(C)(C)C)C(C)(C)C. The van der Waals surface area contributed by atoms with Crippen molar-refractivity contribution in [1.29, 1.82) is 0 Å². The van der Waals surface area contributed by atoms with Gasteiger partial charge in [0.1, 0.15) is 6.61 Å². The molecule has 0 spiro atoms. The smallest absolute Gasteiger partial charge is 0.347 e. The van der Waals surface area contributed by atoms with E-state index in [1.807, 2.05) is 46.4 Å². The van der Waals surface area contributed by atoms with Crippen molar-refractivity contribution in [2.24, 2.45) is 10.8 Å². The van der Waals surface area contributed by atoms with Crippen LogP contribution in [-0.2, 0) is 38.1 Å². The van der Waals surface area contributed by atoms with Gasteiger partial charge in [0.2, 0.25) is 11.7 Å². The number of carbonyl (C=O) groups excluding carboxylic acids is 4. The van der Waals surface area contributed by atoms with Crippen LogP contribution < -0.4 is 9.64 Å². The van der Waals surface area contributed by atoms with Gasteiger partial charge in [-0.3, -0.25) is 9.59 Å². The molecule has 2 heterocycles. The van der Waals surface area contributed by atoms with Gasteiger partial charge < -0.3 is 33.5 Å². The van der Waals surface area contributed by atoms with Crippen molar-refractivity contribution in [2.75, 3.05) is 44.4 Å². The quantitative estimate of drug-likeness (QED) is 0.229. The van der Waals surface area contributed by atoms with Crippen molar-refractivity contribution in [3.63, 3.8) is 0 Å². The average Bonchev–Trinajstić information content (AvgIpc) is 3.36. The topological polar surface area (TPSA) is 147 Å². The zero-order chi connectivity index (χ0) is 33.5. The molecule has 1 aliphatic rings. The van der Waals surface area contributed by atoms with Crippen LogP contribution in [0.15, 0.2) is 0 Å². The number of aromatic nitrogens is 2. The highest BCUT2D eigenvalue weighted by molar-refractivity contribution is 6.99. The maximum atomic E-state index is 13.1. The molecule has 2 rings (SSSR count). The Morgan fingerprint density at radius 2 is 1.48 bits per heavy atom. The lowest BCUT2D eigenvalue weighted by molar-refractivity contribution is -0.183. The van der Waals surface area contributed by atoms with Gasteiger partial charge >= 0.3 is 17.9 Å². The van der Waals surface area contributed by atoms with Gasteiger partial charge in [0.15, 0.2) is 18.3 Å². The molecule has 3 atom stereocenters. The van der Waals surface area contributed by atoms with E-state index in [9.17, 15) is 19.2 Å². The number of esters is 3. The molecule has 13 nitrogen and oxygen atoms in total. The van der Waals surface area contributed by atoms with E-state index in [4.69, 9.17) is 23.7 Å². The van der Waals surface area contributed by atoms with Gasteiger partial charge in [-0.2, -0.15) is 4.37 Å². The zero-order valence-electron chi connectivity index (χ0n) is 28.1. The van der Waals surface area contributed by atoms with E-state index in [0.29, 0.717) is 38.5 Å². The number of hydrogen-bond acceptors (Lipinski definition) is 13. The monoisotopic (exact) mass is 642 g/mol. The summed E-state index contributed by atoms with van der Waals surface area (Å²) >= 11 is 0.998. The van der Waals surface area contributed by atoms with Crippen LogP contribution in [0.25, 0.3) is 0 Å². The predicted molar refractivity (Wildman–Crippen MR) is 164 cm³/mol. The molecule has 250 valence electrons. The van der Waals surface area contributed by atoms with E-state index in [2.05, 4.69) is 8.75 Å². The minimum Gasteiger partial charge on any atom is -0.470 e.